The lowest BCUT2D eigenvalue weighted by atomic mass is 10.1. The molecule has 1 saturated heterocycles. The maximum absolute atomic E-state index is 13.6. The summed E-state index contributed by atoms with van der Waals surface area (Å²) in [6.07, 6.45) is 0.228. The zero-order valence-electron chi connectivity index (χ0n) is 9.37. The van der Waals surface area contributed by atoms with Crippen molar-refractivity contribution in [2.24, 2.45) is 0 Å². The number of carboxylic acid groups (broad SMARTS) is 1. The summed E-state index contributed by atoms with van der Waals surface area (Å²) in [6.45, 7) is 0.380. The highest BCUT2D eigenvalue weighted by atomic mass is 19.1. The quantitative estimate of drug-likeness (QED) is 0.584. The Kier molecular flexibility index (Phi) is 3.05. The molecule has 0 radical (unpaired) electrons. The molecule has 0 bridgehead atoms. The molecule has 0 aromatic heterocycles. The number of nitrogens with one attached hydrogen (secondary N) is 2. The first kappa shape index (κ1) is 12.2. The van der Waals surface area contributed by atoms with E-state index in [2.05, 4.69) is 10.6 Å². The van der Waals surface area contributed by atoms with Gasteiger partial charge in [-0.25, -0.2) is 9.18 Å². The average Bonchev–Trinajstić information content (AvgIpc) is 2.67. The molecule has 1 aromatic rings. The van der Waals surface area contributed by atoms with Crippen molar-refractivity contribution in [2.75, 3.05) is 17.6 Å². The lowest BCUT2D eigenvalue weighted by Crippen LogP contribution is -2.23. The first-order chi connectivity index (χ1) is 8.47. The third-order valence-corrected chi connectivity index (χ3v) is 2.71. The van der Waals surface area contributed by atoms with Gasteiger partial charge in [-0.05, 0) is 12.1 Å². The van der Waals surface area contributed by atoms with E-state index in [1.54, 1.807) is 0 Å². The Bertz CT molecular complexity index is 519. The maximum Gasteiger partial charge on any atom is 0.337 e. The Morgan fingerprint density at radius 3 is 2.83 bits per heavy atom. The van der Waals surface area contributed by atoms with E-state index in [0.29, 0.717) is 6.54 Å². The molecule has 1 aromatic carbocycles. The Morgan fingerprint density at radius 2 is 2.28 bits per heavy atom. The predicted octanol–water partition coefficient (Wildman–Crippen LogP) is 0.406. The number of carboxylic acids is 1. The van der Waals surface area contributed by atoms with Crippen LogP contribution in [0.3, 0.4) is 0 Å². The van der Waals surface area contributed by atoms with Crippen LogP contribution < -0.4 is 16.4 Å². The van der Waals surface area contributed by atoms with Gasteiger partial charge in [-0.2, -0.15) is 0 Å². The monoisotopic (exact) mass is 253 g/mol. The molecule has 0 spiro atoms. The van der Waals surface area contributed by atoms with Gasteiger partial charge >= 0.3 is 5.97 Å². The van der Waals surface area contributed by atoms with Crippen LogP contribution in [-0.2, 0) is 4.79 Å². The first-order valence-corrected chi connectivity index (χ1v) is 5.33. The molecule has 5 N–H and O–H groups in total. The number of carbonyl (C=O) groups is 2. The number of hydrogen-bond acceptors (Lipinski definition) is 4. The molecule has 1 atom stereocenters. The molecule has 0 aliphatic carbocycles. The molecule has 1 fully saturated rings. The van der Waals surface area contributed by atoms with Crippen molar-refractivity contribution in [1.29, 1.82) is 0 Å². The van der Waals surface area contributed by atoms with E-state index < -0.39 is 11.8 Å². The minimum absolute atomic E-state index is 0.0306. The standard InChI is InChI=1S/C11H12FN3O3/c12-7-3-8(13)6(11(17)18)2-9(7)15-5-1-10(16)14-4-5/h2-3,5,15H,1,4,13H2,(H,14,16)(H,17,18). The third-order valence-electron chi connectivity index (χ3n) is 2.71. The van der Waals surface area contributed by atoms with Gasteiger partial charge in [0.15, 0.2) is 0 Å². The number of aromatic carboxylic acids is 1. The van der Waals surface area contributed by atoms with Gasteiger partial charge in [0.1, 0.15) is 5.82 Å². The summed E-state index contributed by atoms with van der Waals surface area (Å²) < 4.78 is 13.6. The second-order valence-electron chi connectivity index (χ2n) is 4.07. The van der Waals surface area contributed by atoms with E-state index in [1.165, 1.54) is 0 Å². The molecule has 7 heteroatoms. The van der Waals surface area contributed by atoms with Crippen LogP contribution in [0.4, 0.5) is 15.8 Å². The van der Waals surface area contributed by atoms with Crippen molar-refractivity contribution in [3.05, 3.63) is 23.5 Å². The van der Waals surface area contributed by atoms with Crippen molar-refractivity contribution >= 4 is 23.3 Å². The molecule has 1 aliphatic heterocycles. The van der Waals surface area contributed by atoms with Crippen molar-refractivity contribution in [3.8, 4) is 0 Å². The zero-order chi connectivity index (χ0) is 13.3. The van der Waals surface area contributed by atoms with Gasteiger partial charge in [0.25, 0.3) is 0 Å². The van der Waals surface area contributed by atoms with Crippen molar-refractivity contribution in [2.45, 2.75) is 12.5 Å². The van der Waals surface area contributed by atoms with Crippen LogP contribution in [0.15, 0.2) is 12.1 Å². The second-order valence-corrected chi connectivity index (χ2v) is 4.07. The van der Waals surface area contributed by atoms with Crippen LogP contribution in [0.1, 0.15) is 16.8 Å². The fraction of sp³-hybridized carbons (Fsp3) is 0.273. The van der Waals surface area contributed by atoms with E-state index >= 15 is 0 Å². The summed E-state index contributed by atoms with van der Waals surface area (Å²) in [5, 5.41) is 14.3. The lowest BCUT2D eigenvalue weighted by Gasteiger charge is -2.14. The number of anilines is 2. The molecular weight excluding hydrogens is 241 g/mol. The second kappa shape index (κ2) is 4.52. The summed E-state index contributed by atoms with van der Waals surface area (Å²) in [4.78, 5) is 21.9. The van der Waals surface area contributed by atoms with E-state index in [4.69, 9.17) is 10.8 Å². The van der Waals surface area contributed by atoms with Crippen LogP contribution >= 0.6 is 0 Å². The van der Waals surface area contributed by atoms with Crippen LogP contribution in [-0.4, -0.2) is 29.6 Å². The van der Waals surface area contributed by atoms with Crippen LogP contribution in [0, 0.1) is 5.82 Å². The van der Waals surface area contributed by atoms with Gasteiger partial charge in [0.05, 0.1) is 17.3 Å². The van der Waals surface area contributed by atoms with Crippen LogP contribution in [0.25, 0.3) is 0 Å². The molecule has 1 amide bonds. The van der Waals surface area contributed by atoms with Gasteiger partial charge in [0, 0.05) is 18.7 Å². The van der Waals surface area contributed by atoms with E-state index in [1.807, 2.05) is 0 Å². The number of benzene rings is 1. The number of nitrogen functional groups attached to an aromatic ring is 1. The summed E-state index contributed by atoms with van der Waals surface area (Å²) in [7, 11) is 0. The minimum Gasteiger partial charge on any atom is -0.478 e. The fourth-order valence-corrected chi connectivity index (χ4v) is 1.81. The lowest BCUT2D eigenvalue weighted by molar-refractivity contribution is -0.119. The average molecular weight is 253 g/mol. The van der Waals surface area contributed by atoms with E-state index in [9.17, 15) is 14.0 Å². The highest BCUT2D eigenvalue weighted by Gasteiger charge is 2.23. The van der Waals surface area contributed by atoms with Crippen LogP contribution in [0.5, 0.6) is 0 Å². The molecule has 1 aliphatic rings. The third kappa shape index (κ3) is 2.34. The molecular formula is C11H12FN3O3. The largest absolute Gasteiger partial charge is 0.478 e. The predicted molar refractivity (Wildman–Crippen MR) is 62.8 cm³/mol. The Hall–Kier alpha value is -2.31. The number of rotatable bonds is 3. The fourth-order valence-electron chi connectivity index (χ4n) is 1.81. The number of nitrogens with two attached hydrogens (primary N) is 1. The summed E-state index contributed by atoms with van der Waals surface area (Å²) in [5.74, 6) is -1.99. The molecule has 1 unspecified atom stereocenters. The smallest absolute Gasteiger partial charge is 0.337 e. The molecule has 2 rings (SSSR count). The first-order valence-electron chi connectivity index (χ1n) is 5.33. The highest BCUT2D eigenvalue weighted by Crippen LogP contribution is 2.23. The van der Waals surface area contributed by atoms with Gasteiger partial charge in [-0.3, -0.25) is 4.79 Å². The normalized spacial score (nSPS) is 18.5. The topological polar surface area (TPSA) is 104 Å². The van der Waals surface area contributed by atoms with Gasteiger partial charge in [-0.15, -0.1) is 0 Å². The minimum atomic E-state index is -1.23. The molecule has 6 nitrogen and oxygen atoms in total. The summed E-state index contributed by atoms with van der Waals surface area (Å²) in [6, 6.07) is 1.84. The highest BCUT2D eigenvalue weighted by molar-refractivity contribution is 5.95. The summed E-state index contributed by atoms with van der Waals surface area (Å²) in [5.41, 5.74) is 5.13. The van der Waals surface area contributed by atoms with Gasteiger partial charge in [-0.1, -0.05) is 0 Å². The van der Waals surface area contributed by atoms with Crippen LogP contribution in [0.2, 0.25) is 0 Å². The maximum atomic E-state index is 13.6. The molecule has 18 heavy (non-hydrogen) atoms. The summed E-state index contributed by atoms with van der Waals surface area (Å²) >= 11 is 0. The number of carbonyl (C=O) groups excluding carboxylic acids is 1. The zero-order valence-corrected chi connectivity index (χ0v) is 9.37. The number of hydrogen-bond donors (Lipinski definition) is 4. The van der Waals surface area contributed by atoms with Crippen molar-refractivity contribution < 1.29 is 19.1 Å². The Labute approximate surface area is 102 Å². The van der Waals surface area contributed by atoms with Gasteiger partial charge < -0.3 is 21.5 Å². The molecule has 0 saturated carbocycles. The Balaban J connectivity index is 2.24. The van der Waals surface area contributed by atoms with E-state index in [-0.39, 0.29) is 35.3 Å². The Morgan fingerprint density at radius 1 is 1.56 bits per heavy atom. The molecule has 96 valence electrons. The molecule has 1 heterocycles. The number of halogens is 1. The van der Waals surface area contributed by atoms with Crippen molar-refractivity contribution in [3.63, 3.8) is 0 Å². The number of amides is 1. The van der Waals surface area contributed by atoms with Crippen molar-refractivity contribution in [1.82, 2.24) is 5.32 Å². The van der Waals surface area contributed by atoms with Gasteiger partial charge in [0.2, 0.25) is 5.91 Å². The van der Waals surface area contributed by atoms with E-state index in [0.717, 1.165) is 12.1 Å². The SMILES string of the molecule is Nc1cc(F)c(NC2CNC(=O)C2)cc1C(=O)O.